The minimum atomic E-state index is -0.559. The second-order valence-corrected chi connectivity index (χ2v) is 6.24. The Morgan fingerprint density at radius 2 is 1.85 bits per heavy atom. The average molecular weight is 404 g/mol. The van der Waals surface area contributed by atoms with Crippen LogP contribution in [0.15, 0.2) is 53.2 Å². The van der Waals surface area contributed by atoms with Gasteiger partial charge in [0.2, 0.25) is 5.90 Å². The van der Waals surface area contributed by atoms with Gasteiger partial charge in [0.15, 0.2) is 5.70 Å². The molecule has 2 aromatic carbocycles. The van der Waals surface area contributed by atoms with Gasteiger partial charge >= 0.3 is 5.97 Å². The van der Waals surface area contributed by atoms with Crippen molar-refractivity contribution in [1.82, 2.24) is 0 Å². The summed E-state index contributed by atoms with van der Waals surface area (Å²) in [5, 5.41) is 0.854. The minimum absolute atomic E-state index is 0.151. The third kappa shape index (κ3) is 4.32. The van der Waals surface area contributed by atoms with Gasteiger partial charge in [-0.1, -0.05) is 35.3 Å². The van der Waals surface area contributed by atoms with Crippen LogP contribution in [-0.2, 0) is 9.53 Å². The molecule has 3 rings (SSSR count). The van der Waals surface area contributed by atoms with Crippen molar-refractivity contribution in [3.8, 4) is 11.5 Å². The molecule has 1 aliphatic heterocycles. The molecule has 0 amide bonds. The van der Waals surface area contributed by atoms with Crippen molar-refractivity contribution < 1.29 is 19.0 Å². The fourth-order valence-corrected chi connectivity index (χ4v) is 2.78. The smallest absolute Gasteiger partial charge is 0.363 e. The molecule has 2 aromatic rings. The number of aliphatic imine (C=N–C) groups is 1. The van der Waals surface area contributed by atoms with Crippen LogP contribution in [0.5, 0.6) is 11.5 Å². The van der Waals surface area contributed by atoms with Gasteiger partial charge in [-0.15, -0.1) is 0 Å². The maximum absolute atomic E-state index is 12.1. The van der Waals surface area contributed by atoms with Crippen molar-refractivity contribution in [3.05, 3.63) is 69.3 Å². The first-order valence-corrected chi connectivity index (χ1v) is 8.64. The maximum atomic E-state index is 12.1. The Morgan fingerprint density at radius 1 is 1.04 bits per heavy atom. The van der Waals surface area contributed by atoms with Crippen molar-refractivity contribution >= 4 is 47.2 Å². The van der Waals surface area contributed by atoms with Crippen molar-refractivity contribution in [2.24, 2.45) is 4.99 Å². The molecule has 0 bridgehead atoms. The molecule has 0 atom stereocenters. The molecule has 1 heterocycles. The van der Waals surface area contributed by atoms with E-state index in [0.717, 1.165) is 0 Å². The van der Waals surface area contributed by atoms with Gasteiger partial charge in [0.1, 0.15) is 11.5 Å². The first-order valence-electron chi connectivity index (χ1n) is 7.88. The summed E-state index contributed by atoms with van der Waals surface area (Å²) in [6.45, 7) is 0. The highest BCUT2D eigenvalue weighted by Crippen LogP contribution is 2.29. The summed E-state index contributed by atoms with van der Waals surface area (Å²) in [6.07, 6.45) is 4.81. The van der Waals surface area contributed by atoms with E-state index >= 15 is 0 Å². The highest BCUT2D eigenvalue weighted by molar-refractivity contribution is 6.42. The van der Waals surface area contributed by atoms with E-state index in [0.29, 0.717) is 32.7 Å². The molecule has 5 nitrogen and oxygen atoms in total. The van der Waals surface area contributed by atoms with Gasteiger partial charge in [0.25, 0.3) is 0 Å². The molecule has 0 aromatic heterocycles. The number of nitrogens with zero attached hydrogens (tertiary/aromatic N) is 1. The van der Waals surface area contributed by atoms with Gasteiger partial charge in [-0.05, 0) is 42.0 Å². The molecular weight excluding hydrogens is 389 g/mol. The summed E-state index contributed by atoms with van der Waals surface area (Å²) in [4.78, 5) is 16.3. The number of ether oxygens (including phenoxy) is 3. The number of rotatable bonds is 5. The second-order valence-electron chi connectivity index (χ2n) is 5.45. The normalized spacial score (nSPS) is 15.2. The zero-order valence-corrected chi connectivity index (χ0v) is 16.0. The maximum Gasteiger partial charge on any atom is 0.363 e. The quantitative estimate of drug-likeness (QED) is 0.519. The number of hydrogen-bond acceptors (Lipinski definition) is 5. The van der Waals surface area contributed by atoms with E-state index in [2.05, 4.69) is 4.99 Å². The lowest BCUT2D eigenvalue weighted by Crippen LogP contribution is -2.01. The Kier molecular flexibility index (Phi) is 5.84. The summed E-state index contributed by atoms with van der Waals surface area (Å²) in [5.41, 5.74) is 1.49. The van der Waals surface area contributed by atoms with E-state index in [1.54, 1.807) is 68.8 Å². The molecule has 0 unspecified atom stereocenters. The molecule has 0 aliphatic carbocycles. The van der Waals surface area contributed by atoms with E-state index in [-0.39, 0.29) is 11.6 Å². The Balaban J connectivity index is 1.89. The Morgan fingerprint density at radius 3 is 2.59 bits per heavy atom. The number of esters is 1. The number of halogens is 2. The predicted octanol–water partition coefficient (Wildman–Crippen LogP) is 5.02. The van der Waals surface area contributed by atoms with Crippen LogP contribution in [0.1, 0.15) is 11.1 Å². The molecule has 7 heteroatoms. The lowest BCUT2D eigenvalue weighted by Gasteiger charge is -2.07. The molecular formula is C20H15Cl2NO4. The van der Waals surface area contributed by atoms with E-state index in [4.69, 9.17) is 37.4 Å². The summed E-state index contributed by atoms with van der Waals surface area (Å²) in [5.74, 6) is 0.815. The third-order valence-electron chi connectivity index (χ3n) is 3.75. The Labute approximate surface area is 166 Å². The molecule has 1 aliphatic rings. The number of carbonyl (C=O) groups is 1. The van der Waals surface area contributed by atoms with Gasteiger partial charge in [-0.25, -0.2) is 9.79 Å². The monoisotopic (exact) mass is 403 g/mol. The predicted molar refractivity (Wildman–Crippen MR) is 107 cm³/mol. The molecule has 138 valence electrons. The minimum Gasteiger partial charge on any atom is -0.497 e. The van der Waals surface area contributed by atoms with Crippen LogP contribution in [0, 0.1) is 0 Å². The fourth-order valence-electron chi connectivity index (χ4n) is 2.41. The largest absolute Gasteiger partial charge is 0.497 e. The molecule has 27 heavy (non-hydrogen) atoms. The first-order chi connectivity index (χ1) is 13.0. The zero-order chi connectivity index (χ0) is 19.4. The average Bonchev–Trinajstić information content (AvgIpc) is 3.02. The molecule has 0 saturated heterocycles. The number of cyclic esters (lactones) is 1. The number of carbonyl (C=O) groups excluding carboxylic acids is 1. The van der Waals surface area contributed by atoms with Crippen LogP contribution in [0.4, 0.5) is 0 Å². The standard InChI is InChI=1S/C20H15Cl2NO4/c1-25-14-7-8-17(26-2)13(10-14)11-16-20(24)27-18(23-16)9-6-12-4-3-5-15(21)19(12)22/h3-11H,1-2H3. The van der Waals surface area contributed by atoms with Crippen LogP contribution >= 0.6 is 23.2 Å². The van der Waals surface area contributed by atoms with Crippen LogP contribution in [0.3, 0.4) is 0 Å². The van der Waals surface area contributed by atoms with E-state index in [1.807, 2.05) is 0 Å². The fraction of sp³-hybridized carbons (Fsp3) is 0.100. The lowest BCUT2D eigenvalue weighted by molar-refractivity contribution is -0.129. The zero-order valence-electron chi connectivity index (χ0n) is 14.5. The topological polar surface area (TPSA) is 57.1 Å². The summed E-state index contributed by atoms with van der Waals surface area (Å²) < 4.78 is 15.7. The van der Waals surface area contributed by atoms with Crippen LogP contribution in [-0.4, -0.2) is 26.1 Å². The van der Waals surface area contributed by atoms with Gasteiger partial charge in [0, 0.05) is 11.6 Å². The molecule has 0 spiro atoms. The summed E-state index contributed by atoms with van der Waals surface area (Å²) >= 11 is 12.1. The highest BCUT2D eigenvalue weighted by atomic mass is 35.5. The van der Waals surface area contributed by atoms with E-state index in [1.165, 1.54) is 0 Å². The van der Waals surface area contributed by atoms with E-state index in [9.17, 15) is 4.79 Å². The molecule has 0 fully saturated rings. The van der Waals surface area contributed by atoms with Crippen molar-refractivity contribution in [2.75, 3.05) is 14.2 Å². The Bertz CT molecular complexity index is 980. The van der Waals surface area contributed by atoms with Crippen LogP contribution in [0.25, 0.3) is 12.2 Å². The van der Waals surface area contributed by atoms with E-state index < -0.39 is 5.97 Å². The lowest BCUT2D eigenvalue weighted by atomic mass is 10.1. The van der Waals surface area contributed by atoms with Gasteiger partial charge in [0.05, 0.1) is 24.3 Å². The van der Waals surface area contributed by atoms with Crippen molar-refractivity contribution in [3.63, 3.8) is 0 Å². The van der Waals surface area contributed by atoms with Gasteiger partial charge in [-0.2, -0.15) is 0 Å². The first kappa shape index (κ1) is 19.0. The summed E-state index contributed by atoms with van der Waals surface area (Å²) in [6, 6.07) is 10.5. The molecule has 0 radical (unpaired) electrons. The number of hydrogen-bond donors (Lipinski definition) is 0. The SMILES string of the molecule is COc1ccc(OC)c(C=C2N=C(C=Cc3cccc(Cl)c3Cl)OC2=O)c1. The second kappa shape index (κ2) is 8.29. The van der Waals surface area contributed by atoms with Crippen molar-refractivity contribution in [2.45, 2.75) is 0 Å². The molecule has 0 N–H and O–H groups in total. The number of benzene rings is 2. The third-order valence-corrected chi connectivity index (χ3v) is 4.59. The summed E-state index contributed by atoms with van der Waals surface area (Å²) in [7, 11) is 3.10. The van der Waals surface area contributed by atoms with Gasteiger partial charge < -0.3 is 14.2 Å². The van der Waals surface area contributed by atoms with Crippen LogP contribution < -0.4 is 9.47 Å². The van der Waals surface area contributed by atoms with Crippen molar-refractivity contribution in [1.29, 1.82) is 0 Å². The van der Waals surface area contributed by atoms with Gasteiger partial charge in [-0.3, -0.25) is 0 Å². The van der Waals surface area contributed by atoms with Crippen LogP contribution in [0.2, 0.25) is 10.0 Å². The Hall–Kier alpha value is -2.76. The highest BCUT2D eigenvalue weighted by Gasteiger charge is 2.22. The number of methoxy groups -OCH3 is 2. The molecule has 0 saturated carbocycles.